The van der Waals surface area contributed by atoms with Crippen LogP contribution >= 0.6 is 11.8 Å². The molecule has 0 aromatic carbocycles. The number of carboxylic acids is 1. The first kappa shape index (κ1) is 29.7. The Morgan fingerprint density at radius 2 is 1.79 bits per heavy atom. The highest BCUT2D eigenvalue weighted by Gasteiger charge is 2.38. The van der Waals surface area contributed by atoms with Crippen molar-refractivity contribution < 1.29 is 29.1 Å². The standard InChI is InChI=1S/C21H38N6O6S/c1-34-12-9-15(21(32)33)26-19(30)16-6-4-11-27(16)20(31)14(5-2-3-10-22)25-18(29)13(23)7-8-17(24)28/h13-16H,2-12,22-23H2,1H3,(H2,24,28)(H,25,29)(H,26,30)(H,32,33). The molecule has 0 aromatic rings. The molecule has 1 saturated heterocycles. The fourth-order valence-electron chi connectivity index (χ4n) is 3.72. The van der Waals surface area contributed by atoms with Crippen molar-refractivity contribution in [3.8, 4) is 0 Å². The quantitative estimate of drug-likeness (QED) is 0.135. The van der Waals surface area contributed by atoms with E-state index in [0.29, 0.717) is 50.9 Å². The Kier molecular flexibility index (Phi) is 13.5. The lowest BCUT2D eigenvalue weighted by Crippen LogP contribution is -2.56. The number of carbonyl (C=O) groups is 5. The van der Waals surface area contributed by atoms with E-state index in [2.05, 4.69) is 10.6 Å². The number of amides is 4. The summed E-state index contributed by atoms with van der Waals surface area (Å²) < 4.78 is 0. The van der Waals surface area contributed by atoms with Gasteiger partial charge in [0, 0.05) is 13.0 Å². The molecule has 1 heterocycles. The number of carbonyl (C=O) groups excluding carboxylic acids is 4. The predicted octanol–water partition coefficient (Wildman–Crippen LogP) is -1.49. The molecule has 0 saturated carbocycles. The average molecular weight is 503 g/mol. The molecule has 12 nitrogen and oxygen atoms in total. The number of carboxylic acid groups (broad SMARTS) is 1. The summed E-state index contributed by atoms with van der Waals surface area (Å²) in [6.07, 6.45) is 4.60. The van der Waals surface area contributed by atoms with E-state index in [9.17, 15) is 29.1 Å². The van der Waals surface area contributed by atoms with E-state index in [1.807, 2.05) is 6.26 Å². The van der Waals surface area contributed by atoms with Gasteiger partial charge in [-0.05, 0) is 63.5 Å². The number of nitrogens with two attached hydrogens (primary N) is 3. The molecule has 0 bridgehead atoms. The van der Waals surface area contributed by atoms with Gasteiger partial charge in [-0.25, -0.2) is 4.79 Å². The second-order valence-corrected chi connectivity index (χ2v) is 9.31. The molecule has 1 aliphatic heterocycles. The third-order valence-electron chi connectivity index (χ3n) is 5.66. The van der Waals surface area contributed by atoms with Crippen LogP contribution in [-0.4, -0.2) is 88.9 Å². The molecule has 4 atom stereocenters. The van der Waals surface area contributed by atoms with Crippen LogP contribution in [0.5, 0.6) is 0 Å². The SMILES string of the molecule is CSCCC(NC(=O)C1CCCN1C(=O)C(CCCCN)NC(=O)C(N)CCC(N)=O)C(=O)O. The number of unbranched alkanes of at least 4 members (excludes halogenated alkanes) is 1. The largest absolute Gasteiger partial charge is 0.480 e. The molecule has 1 fully saturated rings. The zero-order valence-electron chi connectivity index (χ0n) is 19.7. The lowest BCUT2D eigenvalue weighted by atomic mass is 10.1. The molecule has 0 spiro atoms. The molecule has 0 aromatic heterocycles. The van der Waals surface area contributed by atoms with Crippen LogP contribution in [0.15, 0.2) is 0 Å². The van der Waals surface area contributed by atoms with E-state index in [1.54, 1.807) is 0 Å². The molecule has 9 N–H and O–H groups in total. The van der Waals surface area contributed by atoms with Crippen LogP contribution in [-0.2, 0) is 24.0 Å². The van der Waals surface area contributed by atoms with Crippen molar-refractivity contribution in [1.29, 1.82) is 0 Å². The molecule has 0 aliphatic carbocycles. The van der Waals surface area contributed by atoms with Gasteiger partial charge in [0.2, 0.25) is 23.6 Å². The molecular formula is C21H38N6O6S. The molecule has 13 heteroatoms. The second-order valence-electron chi connectivity index (χ2n) is 8.33. The number of nitrogens with zero attached hydrogens (tertiary/aromatic N) is 1. The Balaban J connectivity index is 2.90. The maximum atomic E-state index is 13.3. The first-order valence-electron chi connectivity index (χ1n) is 11.5. The van der Waals surface area contributed by atoms with Gasteiger partial charge in [-0.3, -0.25) is 19.2 Å². The molecular weight excluding hydrogens is 464 g/mol. The minimum absolute atomic E-state index is 0.0479. The van der Waals surface area contributed by atoms with Gasteiger partial charge in [0.1, 0.15) is 18.1 Å². The van der Waals surface area contributed by atoms with Gasteiger partial charge in [0.25, 0.3) is 0 Å². The van der Waals surface area contributed by atoms with Crippen LogP contribution in [0.3, 0.4) is 0 Å². The van der Waals surface area contributed by atoms with Crippen LogP contribution in [0.1, 0.15) is 51.4 Å². The number of likely N-dealkylation sites (tertiary alicyclic amines) is 1. The summed E-state index contributed by atoms with van der Waals surface area (Å²) in [7, 11) is 0. The zero-order valence-corrected chi connectivity index (χ0v) is 20.5. The van der Waals surface area contributed by atoms with Crippen molar-refractivity contribution in [2.75, 3.05) is 25.1 Å². The average Bonchev–Trinajstić information content (AvgIpc) is 3.28. The van der Waals surface area contributed by atoms with E-state index in [1.165, 1.54) is 16.7 Å². The van der Waals surface area contributed by atoms with Crippen LogP contribution in [0.25, 0.3) is 0 Å². The number of aliphatic carboxylic acids is 1. The number of thioether (sulfide) groups is 1. The van der Waals surface area contributed by atoms with Crippen LogP contribution in [0.4, 0.5) is 0 Å². The molecule has 194 valence electrons. The smallest absolute Gasteiger partial charge is 0.326 e. The highest BCUT2D eigenvalue weighted by Crippen LogP contribution is 2.20. The summed E-state index contributed by atoms with van der Waals surface area (Å²) in [6.45, 7) is 0.741. The van der Waals surface area contributed by atoms with Crippen molar-refractivity contribution in [2.24, 2.45) is 17.2 Å². The van der Waals surface area contributed by atoms with E-state index in [4.69, 9.17) is 17.2 Å². The zero-order chi connectivity index (χ0) is 25.7. The Bertz CT molecular complexity index is 724. The summed E-state index contributed by atoms with van der Waals surface area (Å²) in [5.41, 5.74) is 16.5. The predicted molar refractivity (Wildman–Crippen MR) is 129 cm³/mol. The minimum atomic E-state index is -1.13. The van der Waals surface area contributed by atoms with Crippen LogP contribution in [0, 0.1) is 0 Å². The maximum absolute atomic E-state index is 13.3. The minimum Gasteiger partial charge on any atom is -0.480 e. The third-order valence-corrected chi connectivity index (χ3v) is 6.31. The molecule has 4 amide bonds. The normalized spacial score (nSPS) is 18.1. The monoisotopic (exact) mass is 502 g/mol. The Hall–Kier alpha value is -2.38. The first-order chi connectivity index (χ1) is 16.1. The summed E-state index contributed by atoms with van der Waals surface area (Å²) >= 11 is 1.47. The van der Waals surface area contributed by atoms with Crippen LogP contribution in [0.2, 0.25) is 0 Å². The van der Waals surface area contributed by atoms with Crippen molar-refractivity contribution >= 4 is 41.4 Å². The number of hydrogen-bond donors (Lipinski definition) is 6. The van der Waals surface area contributed by atoms with E-state index in [-0.39, 0.29) is 19.3 Å². The Labute approximate surface area is 204 Å². The molecule has 0 radical (unpaired) electrons. The van der Waals surface area contributed by atoms with Gasteiger partial charge in [0.15, 0.2) is 0 Å². The van der Waals surface area contributed by atoms with Gasteiger partial charge >= 0.3 is 5.97 Å². The topological polar surface area (TPSA) is 211 Å². The van der Waals surface area contributed by atoms with E-state index in [0.717, 1.165) is 0 Å². The summed E-state index contributed by atoms with van der Waals surface area (Å²) in [4.78, 5) is 62.6. The lowest BCUT2D eigenvalue weighted by Gasteiger charge is -2.30. The van der Waals surface area contributed by atoms with Crippen molar-refractivity contribution in [3.05, 3.63) is 0 Å². The number of rotatable bonds is 16. The highest BCUT2D eigenvalue weighted by atomic mass is 32.2. The van der Waals surface area contributed by atoms with Gasteiger partial charge in [-0.2, -0.15) is 11.8 Å². The second kappa shape index (κ2) is 15.5. The third kappa shape index (κ3) is 9.85. The molecule has 1 aliphatic rings. The van der Waals surface area contributed by atoms with Crippen molar-refractivity contribution in [2.45, 2.75) is 75.5 Å². The number of primary amides is 1. The number of nitrogens with one attached hydrogen (secondary N) is 2. The summed E-state index contributed by atoms with van der Waals surface area (Å²) in [6, 6.07) is -3.79. The van der Waals surface area contributed by atoms with Gasteiger partial charge in [-0.15, -0.1) is 0 Å². The highest BCUT2D eigenvalue weighted by molar-refractivity contribution is 7.98. The van der Waals surface area contributed by atoms with Crippen molar-refractivity contribution in [1.82, 2.24) is 15.5 Å². The summed E-state index contributed by atoms with van der Waals surface area (Å²) in [5, 5.41) is 14.6. The van der Waals surface area contributed by atoms with Crippen LogP contribution < -0.4 is 27.8 Å². The van der Waals surface area contributed by atoms with Crippen molar-refractivity contribution in [3.63, 3.8) is 0 Å². The van der Waals surface area contributed by atoms with Gasteiger partial charge in [-0.1, -0.05) is 0 Å². The molecule has 4 unspecified atom stereocenters. The van der Waals surface area contributed by atoms with E-state index < -0.39 is 53.8 Å². The fraction of sp³-hybridized carbons (Fsp3) is 0.762. The Morgan fingerprint density at radius 3 is 2.38 bits per heavy atom. The van der Waals surface area contributed by atoms with Gasteiger partial charge < -0.3 is 37.8 Å². The van der Waals surface area contributed by atoms with E-state index >= 15 is 0 Å². The fourth-order valence-corrected chi connectivity index (χ4v) is 4.19. The Morgan fingerprint density at radius 1 is 1.09 bits per heavy atom. The lowest BCUT2D eigenvalue weighted by molar-refractivity contribution is -0.145. The maximum Gasteiger partial charge on any atom is 0.326 e. The van der Waals surface area contributed by atoms with Gasteiger partial charge in [0.05, 0.1) is 6.04 Å². The molecule has 1 rings (SSSR count). The number of hydrogen-bond acceptors (Lipinski definition) is 8. The first-order valence-corrected chi connectivity index (χ1v) is 12.9. The molecule has 34 heavy (non-hydrogen) atoms. The summed E-state index contributed by atoms with van der Waals surface area (Å²) in [5.74, 6) is -2.69.